The molecule has 0 bridgehead atoms. The summed E-state index contributed by atoms with van der Waals surface area (Å²) in [5.74, 6) is -0.146. The van der Waals surface area contributed by atoms with Crippen molar-refractivity contribution in [3.8, 4) is 0 Å². The predicted molar refractivity (Wildman–Crippen MR) is 76.8 cm³/mol. The first kappa shape index (κ1) is 14.1. The number of rotatable bonds is 3. The zero-order chi connectivity index (χ0) is 14.0. The second-order valence-corrected chi connectivity index (χ2v) is 5.70. The molecule has 1 aromatic rings. The van der Waals surface area contributed by atoms with Gasteiger partial charge in [-0.15, -0.1) is 0 Å². The molecule has 0 saturated carbocycles. The molecular formula is C12H20N4O2S. The number of aromatic nitrogens is 1. The second-order valence-electron chi connectivity index (χ2n) is 4.95. The van der Waals surface area contributed by atoms with Crippen molar-refractivity contribution in [2.24, 2.45) is 0 Å². The van der Waals surface area contributed by atoms with Crippen LogP contribution < -0.4 is 10.6 Å². The molecule has 7 heteroatoms. The van der Waals surface area contributed by atoms with Crippen LogP contribution in [0.5, 0.6) is 0 Å². The summed E-state index contributed by atoms with van der Waals surface area (Å²) in [5.41, 5.74) is 6.19. The molecule has 1 unspecified atom stereocenters. The topological polar surface area (TPSA) is 71.7 Å². The maximum Gasteiger partial charge on any atom is 0.344 e. The summed E-state index contributed by atoms with van der Waals surface area (Å²) >= 11 is 1.27. The molecule has 0 aromatic carbocycles. The molecule has 2 rings (SSSR count). The van der Waals surface area contributed by atoms with Crippen LogP contribution in [0.4, 0.5) is 10.8 Å². The Morgan fingerprint density at radius 2 is 2.32 bits per heavy atom. The number of hydrogen-bond donors (Lipinski definition) is 1. The molecule has 1 aromatic heterocycles. The molecule has 0 spiro atoms. The van der Waals surface area contributed by atoms with Crippen LogP contribution in [0.1, 0.15) is 23.2 Å². The summed E-state index contributed by atoms with van der Waals surface area (Å²) in [5, 5.41) is 0.830. The number of piperidine rings is 1. The molecular weight excluding hydrogens is 264 g/mol. The molecule has 0 amide bonds. The molecule has 6 nitrogen and oxygen atoms in total. The van der Waals surface area contributed by atoms with Gasteiger partial charge in [0.15, 0.2) is 5.82 Å². The Kier molecular flexibility index (Phi) is 4.26. The lowest BCUT2D eigenvalue weighted by atomic mass is 10.0. The third-order valence-electron chi connectivity index (χ3n) is 3.50. The van der Waals surface area contributed by atoms with Gasteiger partial charge < -0.3 is 20.3 Å². The van der Waals surface area contributed by atoms with Gasteiger partial charge in [0, 0.05) is 19.1 Å². The number of anilines is 2. The van der Waals surface area contributed by atoms with Gasteiger partial charge in [-0.05, 0) is 38.5 Å². The first-order chi connectivity index (χ1) is 9.04. The van der Waals surface area contributed by atoms with E-state index < -0.39 is 5.97 Å². The van der Waals surface area contributed by atoms with E-state index in [0.29, 0.717) is 11.6 Å². The smallest absolute Gasteiger partial charge is 0.344 e. The number of carbonyl (C=O) groups excluding carboxylic acids is 1. The van der Waals surface area contributed by atoms with E-state index in [1.807, 2.05) is 0 Å². The van der Waals surface area contributed by atoms with E-state index in [4.69, 9.17) is 10.5 Å². The van der Waals surface area contributed by atoms with Crippen LogP contribution in [0.15, 0.2) is 0 Å². The monoisotopic (exact) mass is 284 g/mol. The SMILES string of the molecule is COC(=O)c1c(N)nsc1N1CCCC(N(C)C)C1. The number of hydrogen-bond acceptors (Lipinski definition) is 7. The van der Waals surface area contributed by atoms with Crippen LogP contribution in [0.25, 0.3) is 0 Å². The third-order valence-corrected chi connectivity index (χ3v) is 4.43. The standard InChI is InChI=1S/C12H20N4O2S/c1-15(2)8-5-4-6-16(7-8)11-9(12(17)18-3)10(13)14-19-11/h8H,4-7H2,1-3H3,(H2,13,14). The van der Waals surface area contributed by atoms with E-state index in [-0.39, 0.29) is 5.82 Å². The Labute approximate surface area is 117 Å². The van der Waals surface area contributed by atoms with Gasteiger partial charge in [0.25, 0.3) is 0 Å². The highest BCUT2D eigenvalue weighted by Crippen LogP contribution is 2.33. The van der Waals surface area contributed by atoms with Gasteiger partial charge in [-0.25, -0.2) is 4.79 Å². The molecule has 1 aliphatic rings. The molecule has 1 aliphatic heterocycles. The van der Waals surface area contributed by atoms with Gasteiger partial charge in [-0.2, -0.15) is 4.37 Å². The largest absolute Gasteiger partial charge is 0.465 e. The Balaban J connectivity index is 2.24. The lowest BCUT2D eigenvalue weighted by Crippen LogP contribution is -2.45. The van der Waals surface area contributed by atoms with Crippen LogP contribution in [-0.2, 0) is 4.74 Å². The Morgan fingerprint density at radius 1 is 1.58 bits per heavy atom. The van der Waals surface area contributed by atoms with Crippen LogP contribution in [-0.4, -0.2) is 55.6 Å². The summed E-state index contributed by atoms with van der Waals surface area (Å²) in [4.78, 5) is 16.2. The summed E-state index contributed by atoms with van der Waals surface area (Å²) in [6.07, 6.45) is 2.27. The molecule has 0 aliphatic carbocycles. The Hall–Kier alpha value is -1.34. The quantitative estimate of drug-likeness (QED) is 0.836. The highest BCUT2D eigenvalue weighted by Gasteiger charge is 2.28. The summed E-state index contributed by atoms with van der Waals surface area (Å²) in [7, 11) is 5.52. The molecule has 1 atom stereocenters. The lowest BCUT2D eigenvalue weighted by molar-refractivity contribution is 0.0603. The minimum absolute atomic E-state index is 0.263. The van der Waals surface area contributed by atoms with Gasteiger partial charge in [0.05, 0.1) is 7.11 Å². The van der Waals surface area contributed by atoms with Crippen molar-refractivity contribution in [2.45, 2.75) is 18.9 Å². The van der Waals surface area contributed by atoms with Gasteiger partial charge in [-0.1, -0.05) is 0 Å². The molecule has 2 N–H and O–H groups in total. The van der Waals surface area contributed by atoms with Crippen molar-refractivity contribution < 1.29 is 9.53 Å². The summed E-state index contributed by atoms with van der Waals surface area (Å²) in [6, 6.07) is 0.488. The number of likely N-dealkylation sites (N-methyl/N-ethyl adjacent to an activating group) is 1. The number of nitrogens with two attached hydrogens (primary N) is 1. The Morgan fingerprint density at radius 3 is 2.95 bits per heavy atom. The summed E-state index contributed by atoms with van der Waals surface area (Å²) < 4.78 is 8.89. The van der Waals surface area contributed by atoms with Crippen LogP contribution in [0.3, 0.4) is 0 Å². The van der Waals surface area contributed by atoms with Crippen LogP contribution >= 0.6 is 11.5 Å². The fourth-order valence-corrected chi connectivity index (χ4v) is 3.20. The number of esters is 1. The molecule has 19 heavy (non-hydrogen) atoms. The average molecular weight is 284 g/mol. The molecule has 1 saturated heterocycles. The highest BCUT2D eigenvalue weighted by molar-refractivity contribution is 7.11. The molecule has 1 fully saturated rings. The van der Waals surface area contributed by atoms with Crippen LogP contribution in [0.2, 0.25) is 0 Å². The fraction of sp³-hybridized carbons (Fsp3) is 0.667. The second kappa shape index (κ2) is 5.75. The third kappa shape index (κ3) is 2.82. The van der Waals surface area contributed by atoms with E-state index in [0.717, 1.165) is 24.5 Å². The first-order valence-electron chi connectivity index (χ1n) is 6.29. The van der Waals surface area contributed by atoms with E-state index in [1.165, 1.54) is 25.1 Å². The predicted octanol–water partition coefficient (Wildman–Crippen LogP) is 1.04. The van der Waals surface area contributed by atoms with Crippen molar-refractivity contribution in [1.29, 1.82) is 0 Å². The van der Waals surface area contributed by atoms with Crippen molar-refractivity contribution in [3.63, 3.8) is 0 Å². The molecule has 2 heterocycles. The van der Waals surface area contributed by atoms with E-state index >= 15 is 0 Å². The highest BCUT2D eigenvalue weighted by atomic mass is 32.1. The van der Waals surface area contributed by atoms with Crippen molar-refractivity contribution in [1.82, 2.24) is 9.27 Å². The van der Waals surface area contributed by atoms with E-state index in [1.54, 1.807) is 0 Å². The number of nitrogen functional groups attached to an aromatic ring is 1. The van der Waals surface area contributed by atoms with Gasteiger partial charge in [0.1, 0.15) is 10.6 Å². The molecule has 106 valence electrons. The number of nitrogens with zero attached hydrogens (tertiary/aromatic N) is 3. The maximum absolute atomic E-state index is 11.8. The Bertz CT molecular complexity index is 461. The van der Waals surface area contributed by atoms with E-state index in [2.05, 4.69) is 28.3 Å². The van der Waals surface area contributed by atoms with E-state index in [9.17, 15) is 4.79 Å². The lowest BCUT2D eigenvalue weighted by Gasteiger charge is -2.36. The number of methoxy groups -OCH3 is 1. The zero-order valence-corrected chi connectivity index (χ0v) is 12.4. The average Bonchev–Trinajstić information content (AvgIpc) is 2.80. The first-order valence-corrected chi connectivity index (χ1v) is 7.06. The normalized spacial score (nSPS) is 19.8. The van der Waals surface area contributed by atoms with Gasteiger partial charge in [-0.3, -0.25) is 0 Å². The number of ether oxygens (including phenoxy) is 1. The van der Waals surface area contributed by atoms with Crippen molar-refractivity contribution in [3.05, 3.63) is 5.56 Å². The minimum Gasteiger partial charge on any atom is -0.465 e. The maximum atomic E-state index is 11.8. The van der Waals surface area contributed by atoms with Gasteiger partial charge in [0.2, 0.25) is 0 Å². The molecule has 0 radical (unpaired) electrons. The zero-order valence-electron chi connectivity index (χ0n) is 11.5. The van der Waals surface area contributed by atoms with Crippen LogP contribution in [0, 0.1) is 0 Å². The minimum atomic E-state index is -0.409. The summed E-state index contributed by atoms with van der Waals surface area (Å²) in [6.45, 7) is 1.81. The van der Waals surface area contributed by atoms with Gasteiger partial charge >= 0.3 is 5.97 Å². The number of carbonyl (C=O) groups is 1. The fourth-order valence-electron chi connectivity index (χ4n) is 2.36. The van der Waals surface area contributed by atoms with Crippen molar-refractivity contribution >= 4 is 28.3 Å². The van der Waals surface area contributed by atoms with Crippen molar-refractivity contribution in [2.75, 3.05) is 44.9 Å².